The largest absolute Gasteiger partial charge is 0.510 e. The maximum Gasteiger partial charge on any atom is 0.252 e. The van der Waals surface area contributed by atoms with Gasteiger partial charge >= 0.3 is 0 Å². The fourth-order valence-electron chi connectivity index (χ4n) is 5.40. The van der Waals surface area contributed by atoms with Crippen molar-refractivity contribution >= 4 is 17.4 Å². The Hall–Kier alpha value is -3.17. The number of rotatable bonds is 2. The number of halogens is 1. The molecule has 0 bridgehead atoms. The maximum atomic E-state index is 13.8. The van der Waals surface area contributed by atoms with E-state index >= 15 is 0 Å². The van der Waals surface area contributed by atoms with Crippen LogP contribution < -0.4 is 5.73 Å². The zero-order chi connectivity index (χ0) is 23.0. The van der Waals surface area contributed by atoms with Crippen LogP contribution in [0.3, 0.4) is 0 Å². The first-order chi connectivity index (χ1) is 14.4. The summed E-state index contributed by atoms with van der Waals surface area (Å²) in [6.07, 6.45) is 0.258. The Balaban J connectivity index is 1.96. The number of Topliss-reactive ketones (excluding diaryl/α,β-unsaturated/α-hetero) is 1. The number of aromatic hydroxyl groups is 1. The normalized spacial score (nSPS) is 30.3. The Bertz CT molecular complexity index is 1120. The first-order valence-electron chi connectivity index (χ1n) is 9.72. The number of fused-ring (bicyclic) bond motifs is 3. The number of phenols is 1. The molecule has 8 nitrogen and oxygen atoms in total. The van der Waals surface area contributed by atoms with E-state index in [0.29, 0.717) is 5.56 Å². The quantitative estimate of drug-likeness (QED) is 0.472. The molecule has 9 heteroatoms. The molecule has 164 valence electrons. The molecule has 6 N–H and O–H groups in total. The van der Waals surface area contributed by atoms with Crippen LogP contribution in [0.5, 0.6) is 5.75 Å². The van der Waals surface area contributed by atoms with Crippen LogP contribution in [0.25, 0.3) is 5.76 Å². The number of primary amides is 1. The van der Waals surface area contributed by atoms with E-state index in [1.165, 1.54) is 6.07 Å². The number of aliphatic hydroxyl groups excluding tert-OH is 2. The van der Waals surface area contributed by atoms with Crippen molar-refractivity contribution in [2.45, 2.75) is 24.5 Å². The van der Waals surface area contributed by atoms with Gasteiger partial charge in [-0.1, -0.05) is 6.58 Å². The summed E-state index contributed by atoms with van der Waals surface area (Å²) < 4.78 is 13.8. The van der Waals surface area contributed by atoms with E-state index in [0.717, 1.165) is 6.07 Å². The van der Waals surface area contributed by atoms with E-state index in [9.17, 15) is 34.4 Å². The number of benzene rings is 1. The number of ketones is 1. The van der Waals surface area contributed by atoms with E-state index in [4.69, 9.17) is 5.73 Å². The van der Waals surface area contributed by atoms with Crippen LogP contribution in [0.2, 0.25) is 0 Å². The second kappa shape index (κ2) is 6.66. The van der Waals surface area contributed by atoms with Crippen molar-refractivity contribution in [1.29, 1.82) is 0 Å². The minimum Gasteiger partial charge on any atom is -0.510 e. The lowest BCUT2D eigenvalue weighted by Crippen LogP contribution is -2.63. The molecule has 1 unspecified atom stereocenters. The lowest BCUT2D eigenvalue weighted by molar-refractivity contribution is -0.143. The molecule has 1 saturated carbocycles. The number of amides is 1. The van der Waals surface area contributed by atoms with Crippen LogP contribution in [-0.4, -0.2) is 62.8 Å². The van der Waals surface area contributed by atoms with Crippen molar-refractivity contribution < 1.29 is 34.4 Å². The first-order valence-corrected chi connectivity index (χ1v) is 9.72. The van der Waals surface area contributed by atoms with Crippen molar-refractivity contribution in [3.05, 3.63) is 58.1 Å². The highest BCUT2D eigenvalue weighted by Gasteiger charge is 2.62. The summed E-state index contributed by atoms with van der Waals surface area (Å²) in [7, 11) is 3.23. The lowest BCUT2D eigenvalue weighted by atomic mass is 9.56. The predicted molar refractivity (Wildman–Crippen MR) is 108 cm³/mol. The van der Waals surface area contributed by atoms with Gasteiger partial charge in [-0.2, -0.15) is 0 Å². The van der Waals surface area contributed by atoms with Crippen LogP contribution in [-0.2, 0) is 16.0 Å². The molecular formula is C22H23FN2O6. The standard InChI is InChI=1S/C22H23FN2O6/c1-8-14(21(24)30)19(28)17(25(2)3)12-6-10-4-9-5-11(23)7-13(26)15(9)18(27)16(10)20(29)22(8,12)31/h5,7,10,12,17,26-28,31H,1,4,6H2,2-3H3,(H2,24,30)/t10?,12-,17-,22-/m0/s1. The van der Waals surface area contributed by atoms with Crippen molar-refractivity contribution in [2.24, 2.45) is 17.6 Å². The van der Waals surface area contributed by atoms with Crippen LogP contribution in [0.4, 0.5) is 4.39 Å². The molecule has 1 aromatic rings. The fraction of sp³-hybridized carbons (Fsp3) is 0.364. The van der Waals surface area contributed by atoms with Crippen molar-refractivity contribution in [3.63, 3.8) is 0 Å². The number of aliphatic hydroxyl groups is 3. The summed E-state index contributed by atoms with van der Waals surface area (Å²) in [4.78, 5) is 27.2. The molecule has 1 fully saturated rings. The monoisotopic (exact) mass is 430 g/mol. The average Bonchev–Trinajstić information content (AvgIpc) is 2.63. The third kappa shape index (κ3) is 2.66. The van der Waals surface area contributed by atoms with Gasteiger partial charge < -0.3 is 26.2 Å². The fourth-order valence-corrected chi connectivity index (χ4v) is 5.40. The summed E-state index contributed by atoms with van der Waals surface area (Å²) >= 11 is 0. The molecule has 0 radical (unpaired) electrons. The Morgan fingerprint density at radius 3 is 2.52 bits per heavy atom. The first kappa shape index (κ1) is 21.1. The number of phenolic OH excluding ortho intramolecular Hbond substituents is 1. The van der Waals surface area contributed by atoms with Gasteiger partial charge in [-0.3, -0.25) is 14.5 Å². The molecule has 3 aliphatic rings. The zero-order valence-electron chi connectivity index (χ0n) is 17.0. The number of carbonyl (C=O) groups excluding carboxylic acids is 2. The summed E-state index contributed by atoms with van der Waals surface area (Å²) in [5, 5.41) is 43.4. The van der Waals surface area contributed by atoms with E-state index in [1.807, 2.05) is 0 Å². The number of carbonyl (C=O) groups is 2. The number of hydrogen-bond donors (Lipinski definition) is 5. The topological polar surface area (TPSA) is 144 Å². The molecule has 0 heterocycles. The van der Waals surface area contributed by atoms with Crippen LogP contribution in [0, 0.1) is 17.7 Å². The number of likely N-dealkylation sites (N-methyl/N-ethyl adjacent to an activating group) is 1. The number of nitrogens with two attached hydrogens (primary N) is 1. The molecule has 0 aromatic heterocycles. The second-order valence-corrected chi connectivity index (χ2v) is 8.57. The van der Waals surface area contributed by atoms with Gasteiger partial charge in [0.15, 0.2) is 11.4 Å². The van der Waals surface area contributed by atoms with Crippen molar-refractivity contribution in [1.82, 2.24) is 4.90 Å². The Morgan fingerprint density at radius 2 is 1.94 bits per heavy atom. The van der Waals surface area contributed by atoms with Gasteiger partial charge in [0.25, 0.3) is 5.91 Å². The summed E-state index contributed by atoms with van der Waals surface area (Å²) in [5.74, 6) is -5.59. The minimum absolute atomic E-state index is 0.0675. The highest BCUT2D eigenvalue weighted by Crippen LogP contribution is 2.54. The van der Waals surface area contributed by atoms with E-state index in [2.05, 4.69) is 6.58 Å². The number of nitrogens with zero attached hydrogens (tertiary/aromatic N) is 1. The third-order valence-corrected chi connectivity index (χ3v) is 6.68. The van der Waals surface area contributed by atoms with Crippen LogP contribution >= 0.6 is 0 Å². The van der Waals surface area contributed by atoms with E-state index in [1.54, 1.807) is 19.0 Å². The summed E-state index contributed by atoms with van der Waals surface area (Å²) in [6, 6.07) is 1.08. The third-order valence-electron chi connectivity index (χ3n) is 6.68. The van der Waals surface area contributed by atoms with Gasteiger partial charge in [0.2, 0.25) is 0 Å². The molecule has 4 rings (SSSR count). The van der Waals surface area contributed by atoms with E-state index in [-0.39, 0.29) is 35.3 Å². The molecule has 0 spiro atoms. The maximum absolute atomic E-state index is 13.8. The Labute approximate surface area is 177 Å². The zero-order valence-corrected chi connectivity index (χ0v) is 17.0. The highest BCUT2D eigenvalue weighted by molar-refractivity contribution is 6.13. The second-order valence-electron chi connectivity index (χ2n) is 8.57. The number of hydrogen-bond acceptors (Lipinski definition) is 7. The van der Waals surface area contributed by atoms with Gasteiger partial charge in [0.1, 0.15) is 23.1 Å². The molecule has 1 aromatic carbocycles. The average molecular weight is 430 g/mol. The van der Waals surface area contributed by atoms with Gasteiger partial charge in [0.05, 0.1) is 17.2 Å². The minimum atomic E-state index is -2.31. The highest BCUT2D eigenvalue weighted by atomic mass is 19.1. The van der Waals surface area contributed by atoms with Crippen LogP contribution in [0.1, 0.15) is 17.5 Å². The van der Waals surface area contributed by atoms with E-state index < -0.39 is 58.1 Å². The Kier molecular flexibility index (Phi) is 4.53. The molecular weight excluding hydrogens is 407 g/mol. The van der Waals surface area contributed by atoms with Crippen molar-refractivity contribution in [3.8, 4) is 5.75 Å². The Morgan fingerprint density at radius 1 is 1.29 bits per heavy atom. The van der Waals surface area contributed by atoms with Crippen LogP contribution in [0.15, 0.2) is 41.2 Å². The van der Waals surface area contributed by atoms with Gasteiger partial charge in [-0.25, -0.2) is 4.39 Å². The SMILES string of the molecule is C=C1C(C(N)=O)=C(O)[C@@H](N(C)C)[C@@H]2CC3Cc4cc(F)cc(O)c4C(O)=C3C(=O)[C@]12O. The predicted octanol–water partition coefficient (Wildman–Crippen LogP) is 1.09. The molecule has 0 saturated heterocycles. The molecule has 1 amide bonds. The van der Waals surface area contributed by atoms with Crippen molar-refractivity contribution in [2.75, 3.05) is 14.1 Å². The molecule has 0 aliphatic heterocycles. The smallest absolute Gasteiger partial charge is 0.252 e. The molecule has 31 heavy (non-hydrogen) atoms. The van der Waals surface area contributed by atoms with Gasteiger partial charge in [-0.05, 0) is 44.5 Å². The lowest BCUT2D eigenvalue weighted by Gasteiger charge is -2.52. The summed E-state index contributed by atoms with van der Waals surface area (Å²) in [5.41, 5.74) is 2.47. The molecule has 4 atom stereocenters. The van der Waals surface area contributed by atoms with Gasteiger partial charge in [-0.15, -0.1) is 0 Å². The summed E-state index contributed by atoms with van der Waals surface area (Å²) in [6.45, 7) is 3.69. The molecule has 3 aliphatic carbocycles. The van der Waals surface area contributed by atoms with Gasteiger partial charge in [0, 0.05) is 23.1 Å².